The van der Waals surface area contributed by atoms with Crippen LogP contribution < -0.4 is 4.74 Å². The maximum Gasteiger partial charge on any atom is 0.123 e. The fourth-order valence-corrected chi connectivity index (χ4v) is 4.26. The fraction of sp³-hybridized carbons (Fsp3) is 0.103. The average Bonchev–Trinajstić information content (AvgIpc) is 3.11. The second kappa shape index (κ2) is 8.83. The van der Waals surface area contributed by atoms with Crippen molar-refractivity contribution in [3.8, 4) is 22.8 Å². The van der Waals surface area contributed by atoms with E-state index >= 15 is 0 Å². The number of hydrogen-bond donors (Lipinski definition) is 1. The highest BCUT2D eigenvalue weighted by Crippen LogP contribution is 2.36. The van der Waals surface area contributed by atoms with Gasteiger partial charge in [-0.2, -0.15) is 0 Å². The first-order chi connectivity index (χ1) is 16.1. The van der Waals surface area contributed by atoms with E-state index in [2.05, 4.69) is 23.6 Å². The summed E-state index contributed by atoms with van der Waals surface area (Å²) in [7, 11) is 0. The van der Waals surface area contributed by atoms with Gasteiger partial charge in [-0.15, -0.1) is 0 Å². The number of hydrogen-bond acceptors (Lipinski definition) is 2. The van der Waals surface area contributed by atoms with E-state index in [0.29, 0.717) is 13.2 Å². The zero-order chi connectivity index (χ0) is 22.8. The molecule has 0 unspecified atom stereocenters. The number of nitrogens with zero attached hydrogens (tertiary/aromatic N) is 1. The zero-order valence-electron chi connectivity index (χ0n) is 18.3. The van der Waals surface area contributed by atoms with Crippen molar-refractivity contribution in [2.75, 3.05) is 0 Å². The number of halogens is 1. The Labute approximate surface area is 192 Å². The van der Waals surface area contributed by atoms with Crippen molar-refractivity contribution in [1.29, 1.82) is 0 Å². The quantitative estimate of drug-likeness (QED) is 0.308. The summed E-state index contributed by atoms with van der Waals surface area (Å²) >= 11 is 0. The molecule has 3 nitrogen and oxygen atoms in total. The van der Waals surface area contributed by atoms with Gasteiger partial charge in [-0.1, -0.05) is 42.5 Å². The van der Waals surface area contributed by atoms with Gasteiger partial charge in [0.25, 0.3) is 0 Å². The van der Waals surface area contributed by atoms with E-state index in [0.717, 1.165) is 44.6 Å². The lowest BCUT2D eigenvalue weighted by Gasteiger charge is -2.13. The molecule has 5 aromatic rings. The van der Waals surface area contributed by atoms with Crippen molar-refractivity contribution in [3.63, 3.8) is 0 Å². The van der Waals surface area contributed by atoms with E-state index in [1.165, 1.54) is 12.1 Å². The van der Waals surface area contributed by atoms with Gasteiger partial charge in [-0.05, 0) is 83.8 Å². The fourth-order valence-electron chi connectivity index (χ4n) is 4.26. The third-order valence-electron chi connectivity index (χ3n) is 5.93. The van der Waals surface area contributed by atoms with E-state index in [4.69, 9.17) is 4.74 Å². The zero-order valence-corrected chi connectivity index (χ0v) is 18.3. The van der Waals surface area contributed by atoms with E-state index in [9.17, 15) is 9.50 Å². The third-order valence-corrected chi connectivity index (χ3v) is 5.93. The lowest BCUT2D eigenvalue weighted by atomic mass is 10.1. The van der Waals surface area contributed by atoms with Gasteiger partial charge in [-0.25, -0.2) is 4.39 Å². The Bertz CT molecular complexity index is 1390. The minimum absolute atomic E-state index is 0.242. The summed E-state index contributed by atoms with van der Waals surface area (Å²) in [5, 5.41) is 10.8. The monoisotopic (exact) mass is 437 g/mol. The van der Waals surface area contributed by atoms with Gasteiger partial charge in [0.1, 0.15) is 23.9 Å². The van der Waals surface area contributed by atoms with Crippen LogP contribution in [0.25, 0.3) is 22.2 Å². The molecule has 0 fully saturated rings. The number of phenolic OH excluding ortho intramolecular Hbond substituents is 1. The molecule has 1 heterocycles. The van der Waals surface area contributed by atoms with Crippen LogP contribution >= 0.6 is 0 Å². The molecule has 0 spiro atoms. The first-order valence-corrected chi connectivity index (χ1v) is 10.9. The maximum absolute atomic E-state index is 13.6. The van der Waals surface area contributed by atoms with Gasteiger partial charge < -0.3 is 14.4 Å². The number of phenols is 1. The Morgan fingerprint density at radius 1 is 0.818 bits per heavy atom. The van der Waals surface area contributed by atoms with Crippen molar-refractivity contribution in [1.82, 2.24) is 4.57 Å². The first kappa shape index (κ1) is 20.8. The summed E-state index contributed by atoms with van der Waals surface area (Å²) in [6.07, 6.45) is 0. The van der Waals surface area contributed by atoms with Crippen LogP contribution in [0.2, 0.25) is 0 Å². The second-order valence-corrected chi connectivity index (χ2v) is 8.19. The van der Waals surface area contributed by atoms with E-state index in [1.807, 2.05) is 60.7 Å². The number of aryl methyl sites for hydroxylation is 1. The molecule has 1 aromatic heterocycles. The molecule has 0 radical (unpaired) electrons. The molecule has 5 rings (SSSR count). The largest absolute Gasteiger partial charge is 0.508 e. The maximum atomic E-state index is 13.6. The molecule has 4 aromatic carbocycles. The molecule has 33 heavy (non-hydrogen) atoms. The molecule has 0 aliphatic carbocycles. The predicted molar refractivity (Wildman–Crippen MR) is 130 cm³/mol. The lowest BCUT2D eigenvalue weighted by molar-refractivity contribution is 0.306. The van der Waals surface area contributed by atoms with Crippen molar-refractivity contribution in [2.24, 2.45) is 0 Å². The molecular formula is C29H24FNO2. The SMILES string of the molecule is Cc1c(-c2ccc(F)cc2)n(Cc2ccc(O)cc2)c2ccc(OCc3ccccc3)cc12. The Hall–Kier alpha value is -4.05. The average molecular weight is 438 g/mol. The van der Waals surface area contributed by atoms with Crippen LogP contribution in [-0.4, -0.2) is 9.67 Å². The molecule has 0 atom stereocenters. The van der Waals surface area contributed by atoms with E-state index < -0.39 is 0 Å². The van der Waals surface area contributed by atoms with Crippen molar-refractivity contribution in [2.45, 2.75) is 20.1 Å². The summed E-state index contributed by atoms with van der Waals surface area (Å²) in [5.41, 5.74) is 6.37. The first-order valence-electron chi connectivity index (χ1n) is 10.9. The van der Waals surface area contributed by atoms with Crippen LogP contribution in [0.1, 0.15) is 16.7 Å². The second-order valence-electron chi connectivity index (χ2n) is 8.19. The highest BCUT2D eigenvalue weighted by atomic mass is 19.1. The van der Waals surface area contributed by atoms with Gasteiger partial charge >= 0.3 is 0 Å². The van der Waals surface area contributed by atoms with Crippen molar-refractivity contribution in [3.05, 3.63) is 120 Å². The van der Waals surface area contributed by atoms with Gasteiger partial charge in [0.15, 0.2) is 0 Å². The van der Waals surface area contributed by atoms with E-state index in [1.54, 1.807) is 12.1 Å². The van der Waals surface area contributed by atoms with Crippen molar-refractivity contribution >= 4 is 10.9 Å². The standard InChI is InChI=1S/C29H24FNO2/c1-20-27-17-26(33-19-22-5-3-2-4-6-22)15-16-28(27)31(18-21-7-13-25(32)14-8-21)29(20)23-9-11-24(30)12-10-23/h2-17,32H,18-19H2,1H3. The Morgan fingerprint density at radius 2 is 1.55 bits per heavy atom. The summed E-state index contributed by atoms with van der Waals surface area (Å²) in [4.78, 5) is 0. The topological polar surface area (TPSA) is 34.4 Å². The minimum Gasteiger partial charge on any atom is -0.508 e. The molecular weight excluding hydrogens is 413 g/mol. The van der Waals surface area contributed by atoms with Crippen LogP contribution in [0.3, 0.4) is 0 Å². The summed E-state index contributed by atoms with van der Waals surface area (Å²) in [6, 6.07) is 30.1. The lowest BCUT2D eigenvalue weighted by Crippen LogP contribution is -2.02. The molecule has 0 saturated heterocycles. The van der Waals surface area contributed by atoms with Crippen LogP contribution in [-0.2, 0) is 13.2 Å². The van der Waals surface area contributed by atoms with Gasteiger partial charge in [0.05, 0.1) is 5.69 Å². The smallest absolute Gasteiger partial charge is 0.123 e. The third kappa shape index (κ3) is 4.33. The van der Waals surface area contributed by atoms with E-state index in [-0.39, 0.29) is 11.6 Å². The molecule has 164 valence electrons. The highest BCUT2D eigenvalue weighted by Gasteiger charge is 2.17. The minimum atomic E-state index is -0.255. The van der Waals surface area contributed by atoms with Crippen LogP contribution in [0, 0.1) is 12.7 Å². The summed E-state index contributed by atoms with van der Waals surface area (Å²) in [5.74, 6) is 0.794. The number of fused-ring (bicyclic) bond motifs is 1. The number of rotatable bonds is 6. The Balaban J connectivity index is 1.58. The van der Waals surface area contributed by atoms with Crippen LogP contribution in [0.4, 0.5) is 4.39 Å². The molecule has 0 aliphatic heterocycles. The summed E-state index contributed by atoms with van der Waals surface area (Å²) < 4.78 is 21.9. The molecule has 0 saturated carbocycles. The molecule has 0 amide bonds. The Kier molecular flexibility index (Phi) is 5.57. The number of benzene rings is 4. The van der Waals surface area contributed by atoms with Gasteiger partial charge in [-0.3, -0.25) is 0 Å². The van der Waals surface area contributed by atoms with Crippen LogP contribution in [0.15, 0.2) is 97.1 Å². The predicted octanol–water partition coefficient (Wildman–Crippen LogP) is 7.09. The molecule has 0 aliphatic rings. The molecule has 1 N–H and O–H groups in total. The van der Waals surface area contributed by atoms with Crippen LogP contribution in [0.5, 0.6) is 11.5 Å². The van der Waals surface area contributed by atoms with Crippen molar-refractivity contribution < 1.29 is 14.2 Å². The normalized spacial score (nSPS) is 11.1. The molecule has 4 heteroatoms. The summed E-state index contributed by atoms with van der Waals surface area (Å²) in [6.45, 7) is 3.22. The van der Waals surface area contributed by atoms with Gasteiger partial charge in [0, 0.05) is 17.4 Å². The number of aromatic hydroxyl groups is 1. The molecule has 0 bridgehead atoms. The van der Waals surface area contributed by atoms with Gasteiger partial charge in [0.2, 0.25) is 0 Å². The number of aromatic nitrogens is 1. The highest BCUT2D eigenvalue weighted by molar-refractivity contribution is 5.92. The Morgan fingerprint density at radius 3 is 2.27 bits per heavy atom. The number of ether oxygens (including phenoxy) is 1.